The van der Waals surface area contributed by atoms with Crippen molar-refractivity contribution < 1.29 is 9.90 Å². The molecule has 0 radical (unpaired) electrons. The van der Waals surface area contributed by atoms with Gasteiger partial charge in [0.05, 0.1) is 16.0 Å². The van der Waals surface area contributed by atoms with E-state index in [2.05, 4.69) is 15.9 Å². The molecule has 0 spiro atoms. The van der Waals surface area contributed by atoms with Gasteiger partial charge in [0.25, 0.3) is 0 Å². The van der Waals surface area contributed by atoms with Gasteiger partial charge < -0.3 is 5.11 Å². The minimum atomic E-state index is -0.825. The van der Waals surface area contributed by atoms with E-state index in [4.69, 9.17) is 23.2 Å². The van der Waals surface area contributed by atoms with Crippen LogP contribution >= 0.6 is 39.1 Å². The maximum absolute atomic E-state index is 11.7. The van der Waals surface area contributed by atoms with Crippen molar-refractivity contribution in [1.29, 1.82) is 0 Å². The summed E-state index contributed by atoms with van der Waals surface area (Å²) in [5, 5.41) is 10.5. The Morgan fingerprint density at radius 1 is 1.18 bits per heavy atom. The van der Waals surface area contributed by atoms with E-state index in [1.165, 1.54) is 0 Å². The summed E-state index contributed by atoms with van der Waals surface area (Å²) in [5.41, 5.74) is 1.77. The van der Waals surface area contributed by atoms with E-state index in [0.29, 0.717) is 16.5 Å². The first-order valence-electron chi connectivity index (χ1n) is 6.87. The molecule has 0 aliphatic heterocycles. The van der Waals surface area contributed by atoms with Crippen LogP contribution in [0, 0.1) is 5.92 Å². The molecule has 1 N–H and O–H groups in total. The second-order valence-corrected chi connectivity index (χ2v) is 6.69. The number of carboxylic acid groups (broad SMARTS) is 1. The molecule has 116 valence electrons. The predicted octanol–water partition coefficient (Wildman–Crippen LogP) is 6.00. The van der Waals surface area contributed by atoms with Crippen LogP contribution in [0.4, 0.5) is 0 Å². The number of benzene rings is 2. The van der Waals surface area contributed by atoms with Crippen LogP contribution in [0.25, 0.3) is 0 Å². The normalized spacial score (nSPS) is 13.6. The standard InChI is InChI=1S/C17H15BrCl2O2/c1-2-11(17(21)22)16(12-5-3-4-6-13(12)18)10-7-8-14(19)15(20)9-10/h3-9,11,16H,2H2,1H3,(H,21,22). The molecule has 2 atom stereocenters. The Morgan fingerprint density at radius 2 is 1.86 bits per heavy atom. The third kappa shape index (κ3) is 3.65. The SMILES string of the molecule is CCC(C(=O)O)C(c1ccc(Cl)c(Cl)c1)c1ccccc1Br. The summed E-state index contributed by atoms with van der Waals surface area (Å²) in [4.78, 5) is 11.7. The van der Waals surface area contributed by atoms with Gasteiger partial charge in [-0.05, 0) is 35.7 Å². The van der Waals surface area contributed by atoms with Crippen LogP contribution in [-0.4, -0.2) is 11.1 Å². The van der Waals surface area contributed by atoms with E-state index in [1.54, 1.807) is 12.1 Å². The van der Waals surface area contributed by atoms with Crippen molar-refractivity contribution in [1.82, 2.24) is 0 Å². The molecule has 0 bridgehead atoms. The van der Waals surface area contributed by atoms with Gasteiger partial charge in [0, 0.05) is 10.4 Å². The highest BCUT2D eigenvalue weighted by atomic mass is 79.9. The third-order valence-electron chi connectivity index (χ3n) is 3.70. The van der Waals surface area contributed by atoms with Gasteiger partial charge in [-0.1, -0.05) is 70.3 Å². The molecule has 0 saturated heterocycles. The van der Waals surface area contributed by atoms with E-state index in [9.17, 15) is 9.90 Å². The lowest BCUT2D eigenvalue weighted by molar-refractivity contribution is -0.142. The molecule has 2 unspecified atom stereocenters. The molecule has 0 heterocycles. The number of halogens is 3. The van der Waals surface area contributed by atoms with E-state index in [-0.39, 0.29) is 5.92 Å². The van der Waals surface area contributed by atoms with E-state index in [1.807, 2.05) is 37.3 Å². The summed E-state index contributed by atoms with van der Waals surface area (Å²) < 4.78 is 0.880. The molecular weight excluding hydrogens is 387 g/mol. The second-order valence-electron chi connectivity index (χ2n) is 5.03. The molecule has 2 nitrogen and oxygen atoms in total. The Morgan fingerprint density at radius 3 is 2.41 bits per heavy atom. The molecule has 2 aromatic carbocycles. The summed E-state index contributed by atoms with van der Waals surface area (Å²) in [6, 6.07) is 12.9. The maximum Gasteiger partial charge on any atom is 0.307 e. The smallest absolute Gasteiger partial charge is 0.307 e. The van der Waals surface area contributed by atoms with Crippen molar-refractivity contribution in [2.45, 2.75) is 19.3 Å². The van der Waals surface area contributed by atoms with Crippen LogP contribution in [0.15, 0.2) is 46.9 Å². The van der Waals surface area contributed by atoms with E-state index >= 15 is 0 Å². The Kier molecular flexibility index (Phi) is 5.90. The van der Waals surface area contributed by atoms with Gasteiger partial charge in [-0.15, -0.1) is 0 Å². The Bertz CT molecular complexity index is 688. The molecule has 0 amide bonds. The molecule has 0 fully saturated rings. The van der Waals surface area contributed by atoms with Gasteiger partial charge in [0.1, 0.15) is 0 Å². The third-order valence-corrected chi connectivity index (χ3v) is 5.16. The lowest BCUT2D eigenvalue weighted by Gasteiger charge is -2.25. The van der Waals surface area contributed by atoms with E-state index < -0.39 is 11.9 Å². The zero-order valence-electron chi connectivity index (χ0n) is 11.9. The number of carbonyl (C=O) groups is 1. The van der Waals surface area contributed by atoms with Crippen molar-refractivity contribution in [3.8, 4) is 0 Å². The largest absolute Gasteiger partial charge is 0.481 e. The summed E-state index contributed by atoms with van der Waals surface area (Å²) in [6.45, 7) is 1.88. The first-order chi connectivity index (χ1) is 10.5. The molecule has 0 aliphatic rings. The van der Waals surface area contributed by atoms with Gasteiger partial charge in [0.15, 0.2) is 0 Å². The van der Waals surface area contributed by atoms with Gasteiger partial charge in [0.2, 0.25) is 0 Å². The lowest BCUT2D eigenvalue weighted by atomic mass is 9.79. The first-order valence-corrected chi connectivity index (χ1v) is 8.42. The summed E-state index contributed by atoms with van der Waals surface area (Å²) in [7, 11) is 0. The minimum absolute atomic E-state index is 0.298. The number of carboxylic acids is 1. The maximum atomic E-state index is 11.7. The number of aliphatic carboxylic acids is 1. The highest BCUT2D eigenvalue weighted by molar-refractivity contribution is 9.10. The molecule has 0 aromatic heterocycles. The second kappa shape index (κ2) is 7.49. The topological polar surface area (TPSA) is 37.3 Å². The molecule has 22 heavy (non-hydrogen) atoms. The minimum Gasteiger partial charge on any atom is -0.481 e. The Labute approximate surface area is 148 Å². The fraction of sp³-hybridized carbons (Fsp3) is 0.235. The van der Waals surface area contributed by atoms with E-state index in [0.717, 1.165) is 15.6 Å². The number of rotatable bonds is 5. The molecule has 0 aliphatic carbocycles. The van der Waals surface area contributed by atoms with Crippen molar-refractivity contribution in [3.05, 3.63) is 68.1 Å². The number of hydrogen-bond donors (Lipinski definition) is 1. The van der Waals surface area contributed by atoms with Crippen LogP contribution in [0.3, 0.4) is 0 Å². The highest BCUT2D eigenvalue weighted by Crippen LogP contribution is 2.39. The van der Waals surface area contributed by atoms with Crippen molar-refractivity contribution >= 4 is 45.1 Å². The van der Waals surface area contributed by atoms with Crippen LogP contribution in [0.5, 0.6) is 0 Å². The molecule has 5 heteroatoms. The van der Waals surface area contributed by atoms with Crippen molar-refractivity contribution in [2.75, 3.05) is 0 Å². The lowest BCUT2D eigenvalue weighted by Crippen LogP contribution is -2.22. The highest BCUT2D eigenvalue weighted by Gasteiger charge is 2.30. The van der Waals surface area contributed by atoms with Gasteiger partial charge in [-0.2, -0.15) is 0 Å². The monoisotopic (exact) mass is 400 g/mol. The molecule has 0 saturated carbocycles. The Balaban J connectivity index is 2.62. The zero-order valence-corrected chi connectivity index (χ0v) is 15.0. The fourth-order valence-electron chi connectivity index (χ4n) is 2.61. The predicted molar refractivity (Wildman–Crippen MR) is 93.9 cm³/mol. The van der Waals surface area contributed by atoms with Crippen LogP contribution in [0.1, 0.15) is 30.4 Å². The number of hydrogen-bond acceptors (Lipinski definition) is 1. The summed E-state index contributed by atoms with van der Waals surface area (Å²) in [5.74, 6) is -1.67. The Hall–Kier alpha value is -1.03. The fourth-order valence-corrected chi connectivity index (χ4v) is 3.45. The van der Waals surface area contributed by atoms with Crippen molar-refractivity contribution in [3.63, 3.8) is 0 Å². The molecule has 2 rings (SSSR count). The average Bonchev–Trinajstić information content (AvgIpc) is 2.48. The van der Waals surface area contributed by atoms with Gasteiger partial charge in [-0.3, -0.25) is 4.79 Å². The van der Waals surface area contributed by atoms with Gasteiger partial charge in [-0.25, -0.2) is 0 Å². The van der Waals surface area contributed by atoms with Crippen LogP contribution in [0.2, 0.25) is 10.0 Å². The van der Waals surface area contributed by atoms with Gasteiger partial charge >= 0.3 is 5.97 Å². The zero-order chi connectivity index (χ0) is 16.3. The molecular formula is C17H15BrCl2O2. The van der Waals surface area contributed by atoms with Crippen LogP contribution < -0.4 is 0 Å². The quantitative estimate of drug-likeness (QED) is 0.667. The molecule has 2 aromatic rings. The average molecular weight is 402 g/mol. The summed E-state index contributed by atoms with van der Waals surface area (Å²) >= 11 is 15.6. The van der Waals surface area contributed by atoms with Crippen LogP contribution in [-0.2, 0) is 4.79 Å². The summed E-state index contributed by atoms with van der Waals surface area (Å²) in [6.07, 6.45) is 0.515. The first kappa shape index (κ1) is 17.3. The van der Waals surface area contributed by atoms with Crippen molar-refractivity contribution in [2.24, 2.45) is 5.92 Å².